The quantitative estimate of drug-likeness (QED) is 0.143. The number of benzene rings is 2. The van der Waals surface area contributed by atoms with Gasteiger partial charge < -0.3 is 24.6 Å². The number of carbonyl (C=O) groups is 2. The number of para-hydroxylation sites is 1. The molecule has 3 unspecified atom stereocenters. The lowest BCUT2D eigenvalue weighted by Crippen LogP contribution is -2.36. The lowest BCUT2D eigenvalue weighted by Gasteiger charge is -2.31. The Balaban J connectivity index is 1.54. The summed E-state index contributed by atoms with van der Waals surface area (Å²) < 4.78 is 16.1. The van der Waals surface area contributed by atoms with Crippen LogP contribution >= 0.6 is 11.6 Å². The van der Waals surface area contributed by atoms with Crippen molar-refractivity contribution in [1.82, 2.24) is 5.32 Å². The van der Waals surface area contributed by atoms with E-state index in [1.165, 1.54) is 25.3 Å². The molecule has 0 fully saturated rings. The number of nitro benzene ring substituents is 1. The zero-order chi connectivity index (χ0) is 29.9. The Morgan fingerprint density at radius 3 is 2.63 bits per heavy atom. The van der Waals surface area contributed by atoms with Gasteiger partial charge in [-0.05, 0) is 50.9 Å². The van der Waals surface area contributed by atoms with Crippen LogP contribution in [0.3, 0.4) is 0 Å². The summed E-state index contributed by atoms with van der Waals surface area (Å²) in [6.07, 6.45) is 0.476. The normalized spacial score (nSPS) is 17.4. The molecule has 1 heterocycles. The van der Waals surface area contributed by atoms with Gasteiger partial charge in [-0.15, -0.1) is 0 Å². The van der Waals surface area contributed by atoms with Gasteiger partial charge in [0.2, 0.25) is 0 Å². The third kappa shape index (κ3) is 8.59. The summed E-state index contributed by atoms with van der Waals surface area (Å²) in [5.41, 5.74) is 1.22. The van der Waals surface area contributed by atoms with E-state index < -0.39 is 34.8 Å². The fourth-order valence-corrected chi connectivity index (χ4v) is 4.79. The molecule has 0 amide bonds. The van der Waals surface area contributed by atoms with Crippen molar-refractivity contribution >= 4 is 34.9 Å². The summed E-state index contributed by atoms with van der Waals surface area (Å²) in [7, 11) is 1.24. The number of carbonyl (C=O) groups excluding carboxylic acids is 2. The van der Waals surface area contributed by atoms with Crippen molar-refractivity contribution in [2.24, 2.45) is 10.9 Å². The molecule has 2 aromatic carbocycles. The Kier molecular flexibility index (Phi) is 11.8. The smallest absolute Gasteiger partial charge is 0.336 e. The minimum absolute atomic E-state index is 0.0864. The Hall–Kier alpha value is -3.80. The van der Waals surface area contributed by atoms with Crippen molar-refractivity contribution < 1.29 is 33.8 Å². The van der Waals surface area contributed by atoms with Gasteiger partial charge in [0.05, 0.1) is 29.2 Å². The Morgan fingerprint density at radius 1 is 1.17 bits per heavy atom. The predicted octanol–water partition coefficient (Wildman–Crippen LogP) is 4.22. The number of aliphatic imine (C=N–C) groups is 1. The first-order valence-corrected chi connectivity index (χ1v) is 13.5. The van der Waals surface area contributed by atoms with Gasteiger partial charge in [-0.2, -0.15) is 0 Å². The molecule has 3 rings (SSSR count). The highest BCUT2D eigenvalue weighted by molar-refractivity contribution is 6.32. The van der Waals surface area contributed by atoms with E-state index in [0.717, 1.165) is 0 Å². The van der Waals surface area contributed by atoms with E-state index in [1.807, 2.05) is 0 Å². The summed E-state index contributed by atoms with van der Waals surface area (Å²) >= 11 is 6.04. The molecule has 0 radical (unpaired) electrons. The predicted molar refractivity (Wildman–Crippen MR) is 153 cm³/mol. The second-order valence-corrected chi connectivity index (χ2v) is 9.93. The molecule has 1 aliphatic rings. The molecule has 11 nitrogen and oxygen atoms in total. The zero-order valence-corrected chi connectivity index (χ0v) is 23.9. The Bertz CT molecular complexity index is 1310. The first-order valence-electron chi connectivity index (χ1n) is 13.1. The van der Waals surface area contributed by atoms with E-state index in [4.69, 9.17) is 25.8 Å². The highest BCUT2D eigenvalue weighted by atomic mass is 35.5. The monoisotopic (exact) mass is 587 g/mol. The van der Waals surface area contributed by atoms with Gasteiger partial charge in [-0.3, -0.25) is 19.9 Å². The number of hydrogen-bond donors (Lipinski definition) is 2. The molecule has 1 aliphatic heterocycles. The molecular weight excluding hydrogens is 554 g/mol. The van der Waals surface area contributed by atoms with Crippen LogP contribution in [-0.2, 0) is 19.1 Å². The number of methoxy groups -OCH3 is 1. The lowest BCUT2D eigenvalue weighted by atomic mass is 9.75. The van der Waals surface area contributed by atoms with Crippen LogP contribution in [0.25, 0.3) is 0 Å². The highest BCUT2D eigenvalue weighted by Gasteiger charge is 2.42. The van der Waals surface area contributed by atoms with Gasteiger partial charge in [0.1, 0.15) is 24.4 Å². The topological polar surface area (TPSA) is 150 Å². The van der Waals surface area contributed by atoms with Gasteiger partial charge in [-0.25, -0.2) is 4.79 Å². The SMILES string of the molecule is COC(=O)C1C(C)=NC(C)=C(C(=O)OCCCCNCC(O)COc2ccccc2Cl)C1c1cccc([N+](=O)[O-])c1. The summed E-state index contributed by atoms with van der Waals surface area (Å²) in [5.74, 6) is -2.55. The van der Waals surface area contributed by atoms with Crippen molar-refractivity contribution in [2.75, 3.05) is 33.4 Å². The minimum atomic E-state index is -0.939. The lowest BCUT2D eigenvalue weighted by molar-refractivity contribution is -0.384. The van der Waals surface area contributed by atoms with E-state index in [0.29, 0.717) is 53.7 Å². The molecule has 0 spiro atoms. The number of nitrogens with zero attached hydrogens (tertiary/aromatic N) is 2. The molecule has 3 atom stereocenters. The minimum Gasteiger partial charge on any atom is -0.489 e. The second-order valence-electron chi connectivity index (χ2n) is 9.53. The standard InChI is InChI=1S/C29H34ClN3O8/c1-18-25(28(35)39-3)27(20-9-8-10-21(15-20)33(37)38)26(19(2)32-18)29(36)40-14-7-6-13-31-16-22(34)17-41-24-12-5-4-11-23(24)30/h4-5,8-12,15,22,25,27,31,34H,6-7,13-14,16-17H2,1-3H3. The molecule has 0 saturated heterocycles. The average molecular weight is 588 g/mol. The number of hydrogen-bond acceptors (Lipinski definition) is 10. The fraction of sp³-hybridized carbons (Fsp3) is 0.414. The van der Waals surface area contributed by atoms with Gasteiger partial charge in [0.25, 0.3) is 5.69 Å². The number of aliphatic hydroxyl groups is 1. The van der Waals surface area contributed by atoms with Crippen LogP contribution in [0.4, 0.5) is 5.69 Å². The molecule has 2 N–H and O–H groups in total. The third-order valence-corrected chi connectivity index (χ3v) is 6.88. The first kappa shape index (κ1) is 31.7. The number of rotatable bonds is 14. The number of aliphatic hydroxyl groups excluding tert-OH is 1. The number of ether oxygens (including phenoxy) is 3. The molecule has 0 aromatic heterocycles. The first-order chi connectivity index (χ1) is 19.6. The third-order valence-electron chi connectivity index (χ3n) is 6.57. The van der Waals surface area contributed by atoms with Crippen molar-refractivity contribution in [1.29, 1.82) is 0 Å². The zero-order valence-electron chi connectivity index (χ0n) is 23.2. The molecule has 0 aliphatic carbocycles. The number of allylic oxidation sites excluding steroid dienone is 1. The van der Waals surface area contributed by atoms with Gasteiger partial charge in [-0.1, -0.05) is 35.9 Å². The molecule has 2 aromatic rings. The van der Waals surface area contributed by atoms with Crippen molar-refractivity contribution in [3.63, 3.8) is 0 Å². The highest BCUT2D eigenvalue weighted by Crippen LogP contribution is 2.41. The number of unbranched alkanes of at least 4 members (excludes halogenated alkanes) is 1. The Labute approximate surface area is 243 Å². The number of nitro groups is 1. The van der Waals surface area contributed by atoms with Crippen molar-refractivity contribution in [3.8, 4) is 5.75 Å². The van der Waals surface area contributed by atoms with Crippen LogP contribution in [0.5, 0.6) is 5.75 Å². The molecule has 41 heavy (non-hydrogen) atoms. The maximum absolute atomic E-state index is 13.3. The van der Waals surface area contributed by atoms with E-state index in [-0.39, 0.29) is 24.5 Å². The van der Waals surface area contributed by atoms with Gasteiger partial charge >= 0.3 is 11.9 Å². The van der Waals surface area contributed by atoms with Gasteiger partial charge in [0.15, 0.2) is 0 Å². The van der Waals surface area contributed by atoms with Crippen LogP contribution < -0.4 is 10.1 Å². The summed E-state index contributed by atoms with van der Waals surface area (Å²) in [6, 6.07) is 12.9. The largest absolute Gasteiger partial charge is 0.489 e. The van der Waals surface area contributed by atoms with Crippen LogP contribution in [-0.4, -0.2) is 67.2 Å². The van der Waals surface area contributed by atoms with E-state index in [2.05, 4.69) is 10.3 Å². The maximum Gasteiger partial charge on any atom is 0.336 e. The Morgan fingerprint density at radius 2 is 1.93 bits per heavy atom. The second kappa shape index (κ2) is 15.3. The molecule has 220 valence electrons. The fourth-order valence-electron chi connectivity index (χ4n) is 4.60. The number of non-ortho nitro benzene ring substituents is 1. The van der Waals surface area contributed by atoms with Crippen LogP contribution in [0.1, 0.15) is 38.2 Å². The number of esters is 2. The molecule has 0 bridgehead atoms. The van der Waals surface area contributed by atoms with E-state index in [9.17, 15) is 24.8 Å². The average Bonchev–Trinajstić information content (AvgIpc) is 2.95. The van der Waals surface area contributed by atoms with E-state index in [1.54, 1.807) is 44.2 Å². The number of halogens is 1. The van der Waals surface area contributed by atoms with Crippen molar-refractivity contribution in [3.05, 3.63) is 80.5 Å². The molecular formula is C29H34ClN3O8. The van der Waals surface area contributed by atoms with E-state index >= 15 is 0 Å². The number of nitrogens with one attached hydrogen (secondary N) is 1. The van der Waals surface area contributed by atoms with Crippen LogP contribution in [0.15, 0.2) is 64.8 Å². The van der Waals surface area contributed by atoms with Crippen molar-refractivity contribution in [2.45, 2.75) is 38.7 Å². The van der Waals surface area contributed by atoms with Crippen LogP contribution in [0.2, 0.25) is 5.02 Å². The summed E-state index contributed by atoms with van der Waals surface area (Å²) in [6.45, 7) is 4.39. The van der Waals surface area contributed by atoms with Crippen LogP contribution in [0, 0.1) is 16.0 Å². The summed E-state index contributed by atoms with van der Waals surface area (Å²) in [5, 5.41) is 25.1. The summed E-state index contributed by atoms with van der Waals surface area (Å²) in [4.78, 5) is 41.3. The molecule has 12 heteroatoms. The maximum atomic E-state index is 13.3. The van der Waals surface area contributed by atoms with Gasteiger partial charge in [0, 0.05) is 36.0 Å². The molecule has 0 saturated carbocycles.